The van der Waals surface area contributed by atoms with Crippen LogP contribution in [0.1, 0.15) is 62.6 Å². The van der Waals surface area contributed by atoms with Crippen LogP contribution in [0.4, 0.5) is 0 Å². The molecule has 1 aromatic heterocycles. The van der Waals surface area contributed by atoms with Gasteiger partial charge in [0.25, 0.3) is 0 Å². The first-order chi connectivity index (χ1) is 12.3. The maximum atomic E-state index is 6.21. The predicted molar refractivity (Wildman–Crippen MR) is 93.5 cm³/mol. The second-order valence-corrected chi connectivity index (χ2v) is 7.89. The van der Waals surface area contributed by atoms with E-state index in [1.54, 1.807) is 0 Å². The van der Waals surface area contributed by atoms with Crippen molar-refractivity contribution >= 4 is 0 Å². The number of aromatic nitrogens is 2. The van der Waals surface area contributed by atoms with Crippen LogP contribution in [0.15, 0.2) is 4.52 Å². The molecule has 3 saturated heterocycles. The van der Waals surface area contributed by atoms with Crippen molar-refractivity contribution in [3.63, 3.8) is 0 Å². The summed E-state index contributed by atoms with van der Waals surface area (Å²) < 4.78 is 17.6. The molecule has 0 N–H and O–H groups in total. The maximum absolute atomic E-state index is 6.21. The lowest BCUT2D eigenvalue weighted by Crippen LogP contribution is -2.45. The lowest BCUT2D eigenvalue weighted by atomic mass is 9.80. The zero-order chi connectivity index (χ0) is 17.1. The van der Waals surface area contributed by atoms with Gasteiger partial charge in [-0.05, 0) is 70.9 Å². The minimum atomic E-state index is 0.238. The molecule has 3 aliphatic heterocycles. The van der Waals surface area contributed by atoms with Gasteiger partial charge in [0.15, 0.2) is 5.82 Å². The van der Waals surface area contributed by atoms with E-state index >= 15 is 0 Å². The van der Waals surface area contributed by atoms with E-state index < -0.39 is 0 Å². The Morgan fingerprint density at radius 3 is 2.56 bits per heavy atom. The van der Waals surface area contributed by atoms with Crippen molar-refractivity contribution in [3.8, 4) is 0 Å². The van der Waals surface area contributed by atoms with Gasteiger partial charge in [0.2, 0.25) is 5.89 Å². The monoisotopic (exact) mass is 349 g/mol. The third kappa shape index (κ3) is 4.23. The molecule has 3 atom stereocenters. The lowest BCUT2D eigenvalue weighted by molar-refractivity contribution is -0.0639. The molecule has 25 heavy (non-hydrogen) atoms. The van der Waals surface area contributed by atoms with Crippen LogP contribution in [0.2, 0.25) is 0 Å². The molecular weight excluding hydrogens is 318 g/mol. The number of ether oxygens (including phenoxy) is 2. The molecule has 0 aliphatic carbocycles. The van der Waals surface area contributed by atoms with Gasteiger partial charge in [-0.3, -0.25) is 0 Å². The van der Waals surface area contributed by atoms with E-state index in [0.29, 0.717) is 12.0 Å². The number of likely N-dealkylation sites (tertiary alicyclic amines) is 1. The third-order valence-corrected chi connectivity index (χ3v) is 6.06. The first-order valence-corrected chi connectivity index (χ1v) is 10.1. The van der Waals surface area contributed by atoms with Crippen LogP contribution in [0.25, 0.3) is 0 Å². The van der Waals surface area contributed by atoms with Crippen molar-refractivity contribution in [1.29, 1.82) is 0 Å². The van der Waals surface area contributed by atoms with Crippen molar-refractivity contribution < 1.29 is 14.0 Å². The van der Waals surface area contributed by atoms with E-state index in [-0.39, 0.29) is 12.0 Å². The number of hydrogen-bond acceptors (Lipinski definition) is 6. The summed E-state index contributed by atoms with van der Waals surface area (Å²) in [6, 6.07) is 0. The van der Waals surface area contributed by atoms with Gasteiger partial charge in [-0.15, -0.1) is 0 Å². The largest absolute Gasteiger partial charge is 0.377 e. The van der Waals surface area contributed by atoms with Crippen molar-refractivity contribution in [2.75, 3.05) is 32.8 Å². The van der Waals surface area contributed by atoms with Crippen LogP contribution in [0.5, 0.6) is 0 Å². The van der Waals surface area contributed by atoms with Gasteiger partial charge in [-0.1, -0.05) is 5.16 Å². The minimum Gasteiger partial charge on any atom is -0.377 e. The number of hydrogen-bond donors (Lipinski definition) is 0. The minimum absolute atomic E-state index is 0.238. The SMILES string of the molecule is Cc1noc([C@@H]2CCCO[C@H]2C2CCN(CC3CCCCO3)CC2)n1. The first kappa shape index (κ1) is 17.4. The van der Waals surface area contributed by atoms with Crippen molar-refractivity contribution in [2.45, 2.75) is 70.0 Å². The summed E-state index contributed by atoms with van der Waals surface area (Å²) >= 11 is 0. The van der Waals surface area contributed by atoms with Crippen LogP contribution >= 0.6 is 0 Å². The topological polar surface area (TPSA) is 60.6 Å². The highest BCUT2D eigenvalue weighted by Gasteiger charge is 2.38. The molecule has 0 aromatic carbocycles. The molecule has 140 valence electrons. The van der Waals surface area contributed by atoms with E-state index in [1.807, 2.05) is 6.92 Å². The number of nitrogens with zero attached hydrogens (tertiary/aromatic N) is 3. The molecule has 6 nitrogen and oxygen atoms in total. The van der Waals surface area contributed by atoms with Crippen molar-refractivity contribution in [1.82, 2.24) is 15.0 Å². The quantitative estimate of drug-likeness (QED) is 0.833. The average Bonchev–Trinajstić information content (AvgIpc) is 3.10. The van der Waals surface area contributed by atoms with Gasteiger partial charge in [0.05, 0.1) is 18.1 Å². The molecule has 0 saturated carbocycles. The summed E-state index contributed by atoms with van der Waals surface area (Å²) in [6.45, 7) is 7.11. The Morgan fingerprint density at radius 2 is 1.84 bits per heavy atom. The van der Waals surface area contributed by atoms with Crippen molar-refractivity contribution in [2.24, 2.45) is 5.92 Å². The fourth-order valence-electron chi connectivity index (χ4n) is 4.70. The van der Waals surface area contributed by atoms with Crippen LogP contribution in [0, 0.1) is 12.8 Å². The van der Waals surface area contributed by atoms with Gasteiger partial charge in [-0.2, -0.15) is 4.98 Å². The van der Waals surface area contributed by atoms with E-state index in [2.05, 4.69) is 15.0 Å². The summed E-state index contributed by atoms with van der Waals surface area (Å²) in [7, 11) is 0. The Bertz CT molecular complexity index is 536. The Morgan fingerprint density at radius 1 is 1.00 bits per heavy atom. The fourth-order valence-corrected chi connectivity index (χ4v) is 4.70. The summed E-state index contributed by atoms with van der Waals surface area (Å²) in [5.74, 6) is 2.37. The predicted octanol–water partition coefficient (Wildman–Crippen LogP) is 2.92. The van der Waals surface area contributed by atoms with Crippen LogP contribution < -0.4 is 0 Å². The lowest BCUT2D eigenvalue weighted by Gasteiger charge is -2.41. The molecule has 0 bridgehead atoms. The molecule has 3 fully saturated rings. The molecule has 0 spiro atoms. The maximum Gasteiger partial charge on any atom is 0.232 e. The van der Waals surface area contributed by atoms with E-state index in [1.165, 1.54) is 32.1 Å². The standard InChI is InChI=1S/C19H31N3O3/c1-14-20-19(25-21-14)17-6-4-12-24-18(17)15-7-9-22(10-8-15)13-16-5-2-3-11-23-16/h15-18H,2-13H2,1H3/t16?,17-,18+/m1/s1. The Labute approximate surface area is 150 Å². The zero-order valence-corrected chi connectivity index (χ0v) is 15.4. The highest BCUT2D eigenvalue weighted by atomic mass is 16.5. The summed E-state index contributed by atoms with van der Waals surface area (Å²) in [6.07, 6.45) is 9.04. The third-order valence-electron chi connectivity index (χ3n) is 6.06. The average molecular weight is 349 g/mol. The van der Waals surface area contributed by atoms with E-state index in [9.17, 15) is 0 Å². The van der Waals surface area contributed by atoms with Crippen LogP contribution in [-0.2, 0) is 9.47 Å². The Hall–Kier alpha value is -0.980. The Kier molecular flexibility index (Phi) is 5.68. The number of piperidine rings is 1. The van der Waals surface area contributed by atoms with Gasteiger partial charge in [0.1, 0.15) is 0 Å². The van der Waals surface area contributed by atoms with E-state index in [0.717, 1.165) is 57.4 Å². The summed E-state index contributed by atoms with van der Waals surface area (Å²) in [5.41, 5.74) is 0. The number of rotatable bonds is 4. The molecule has 1 aromatic rings. The van der Waals surface area contributed by atoms with Crippen LogP contribution in [-0.4, -0.2) is 60.1 Å². The van der Waals surface area contributed by atoms with Gasteiger partial charge in [0, 0.05) is 19.8 Å². The summed E-state index contributed by atoms with van der Waals surface area (Å²) in [5, 5.41) is 3.98. The van der Waals surface area contributed by atoms with Gasteiger partial charge >= 0.3 is 0 Å². The van der Waals surface area contributed by atoms with Crippen LogP contribution in [0.3, 0.4) is 0 Å². The molecule has 6 heteroatoms. The molecule has 0 amide bonds. The molecule has 4 rings (SSSR count). The zero-order valence-electron chi connectivity index (χ0n) is 15.4. The first-order valence-electron chi connectivity index (χ1n) is 10.1. The molecule has 4 heterocycles. The van der Waals surface area contributed by atoms with Gasteiger partial charge in [-0.25, -0.2) is 0 Å². The highest BCUT2D eigenvalue weighted by molar-refractivity contribution is 5.01. The molecule has 3 aliphatic rings. The fraction of sp³-hybridized carbons (Fsp3) is 0.895. The second-order valence-electron chi connectivity index (χ2n) is 7.89. The second kappa shape index (κ2) is 8.14. The van der Waals surface area contributed by atoms with E-state index in [4.69, 9.17) is 14.0 Å². The molecule has 0 radical (unpaired) electrons. The molecular formula is C19H31N3O3. The molecule has 1 unspecified atom stereocenters. The number of aryl methyl sites for hydroxylation is 1. The normalized spacial score (nSPS) is 32.8. The summed E-state index contributed by atoms with van der Waals surface area (Å²) in [4.78, 5) is 7.07. The highest BCUT2D eigenvalue weighted by Crippen LogP contribution is 2.37. The van der Waals surface area contributed by atoms with Gasteiger partial charge < -0.3 is 18.9 Å². The Balaban J connectivity index is 1.32. The smallest absolute Gasteiger partial charge is 0.232 e. The van der Waals surface area contributed by atoms with Crippen molar-refractivity contribution in [3.05, 3.63) is 11.7 Å².